The lowest BCUT2D eigenvalue weighted by Crippen LogP contribution is -2.26. The first-order valence-electron chi connectivity index (χ1n) is 5.56. The fourth-order valence-corrected chi connectivity index (χ4v) is 1.48. The molecule has 2 aromatic heterocycles. The van der Waals surface area contributed by atoms with Crippen LogP contribution in [0.5, 0.6) is 0 Å². The summed E-state index contributed by atoms with van der Waals surface area (Å²) in [7, 11) is 0. The predicted octanol–water partition coefficient (Wildman–Crippen LogP) is 1.59. The van der Waals surface area contributed by atoms with Gasteiger partial charge in [0.1, 0.15) is 5.69 Å². The molecule has 0 aliphatic rings. The number of halogens is 1. The molecule has 0 aromatic carbocycles. The van der Waals surface area contributed by atoms with E-state index in [4.69, 9.17) is 0 Å². The van der Waals surface area contributed by atoms with Gasteiger partial charge in [0.2, 0.25) is 5.95 Å². The van der Waals surface area contributed by atoms with Crippen LogP contribution in [0.15, 0.2) is 42.6 Å². The van der Waals surface area contributed by atoms with Crippen molar-refractivity contribution < 1.29 is 9.18 Å². The molecule has 92 valence electrons. The third kappa shape index (κ3) is 3.35. The van der Waals surface area contributed by atoms with Crippen LogP contribution >= 0.6 is 0 Å². The van der Waals surface area contributed by atoms with Crippen molar-refractivity contribution in [1.29, 1.82) is 0 Å². The molecule has 1 N–H and O–H groups in total. The van der Waals surface area contributed by atoms with Gasteiger partial charge >= 0.3 is 0 Å². The largest absolute Gasteiger partial charge is 0.350 e. The number of nitrogens with one attached hydrogen (secondary N) is 1. The molecule has 2 heterocycles. The number of nitrogens with zero attached hydrogens (tertiary/aromatic N) is 2. The normalized spacial score (nSPS) is 10.1. The second-order valence-electron chi connectivity index (χ2n) is 3.67. The molecule has 2 rings (SSSR count). The number of rotatable bonds is 4. The van der Waals surface area contributed by atoms with Gasteiger partial charge in [-0.3, -0.25) is 9.78 Å². The standard InChI is InChI=1S/C13H12FN3O/c14-12-6-3-5-11(17-12)13(18)16-9-7-10-4-1-2-8-15-10/h1-6,8H,7,9H2,(H,16,18). The zero-order valence-corrected chi connectivity index (χ0v) is 9.64. The molecule has 0 spiro atoms. The Morgan fingerprint density at radius 2 is 2.11 bits per heavy atom. The topological polar surface area (TPSA) is 54.9 Å². The molecule has 5 heteroatoms. The lowest BCUT2D eigenvalue weighted by Gasteiger charge is -2.04. The van der Waals surface area contributed by atoms with Crippen molar-refractivity contribution in [3.8, 4) is 0 Å². The zero-order valence-electron chi connectivity index (χ0n) is 9.64. The van der Waals surface area contributed by atoms with Crippen molar-refractivity contribution >= 4 is 5.91 Å². The highest BCUT2D eigenvalue weighted by Gasteiger charge is 2.07. The van der Waals surface area contributed by atoms with Gasteiger partial charge in [-0.2, -0.15) is 4.39 Å². The molecule has 0 atom stereocenters. The maximum Gasteiger partial charge on any atom is 0.270 e. The summed E-state index contributed by atoms with van der Waals surface area (Å²) in [5.74, 6) is -1.04. The summed E-state index contributed by atoms with van der Waals surface area (Å²) in [5, 5.41) is 2.67. The van der Waals surface area contributed by atoms with Crippen molar-refractivity contribution in [2.24, 2.45) is 0 Å². The Hall–Kier alpha value is -2.30. The van der Waals surface area contributed by atoms with Crippen molar-refractivity contribution in [3.05, 3.63) is 59.9 Å². The molecule has 0 saturated carbocycles. The van der Waals surface area contributed by atoms with Gasteiger partial charge in [0.15, 0.2) is 0 Å². The molecule has 1 amide bonds. The maximum atomic E-state index is 12.8. The smallest absolute Gasteiger partial charge is 0.270 e. The average molecular weight is 245 g/mol. The van der Waals surface area contributed by atoms with E-state index < -0.39 is 5.95 Å². The number of carbonyl (C=O) groups excluding carboxylic acids is 1. The van der Waals surface area contributed by atoms with Gasteiger partial charge in [0.25, 0.3) is 5.91 Å². The van der Waals surface area contributed by atoms with E-state index in [1.165, 1.54) is 18.2 Å². The number of hydrogen-bond acceptors (Lipinski definition) is 3. The number of carbonyl (C=O) groups is 1. The summed E-state index contributed by atoms with van der Waals surface area (Å²) in [5.41, 5.74) is 0.973. The van der Waals surface area contributed by atoms with Gasteiger partial charge in [-0.15, -0.1) is 0 Å². The molecule has 0 unspecified atom stereocenters. The molecule has 4 nitrogen and oxygen atoms in total. The third-order valence-electron chi connectivity index (χ3n) is 2.34. The SMILES string of the molecule is O=C(NCCc1ccccn1)c1cccc(F)n1. The lowest BCUT2D eigenvalue weighted by atomic mass is 10.2. The Morgan fingerprint density at radius 3 is 2.83 bits per heavy atom. The first-order chi connectivity index (χ1) is 8.75. The summed E-state index contributed by atoms with van der Waals surface area (Å²) in [6, 6.07) is 9.73. The van der Waals surface area contributed by atoms with E-state index in [9.17, 15) is 9.18 Å². The molecule has 0 bridgehead atoms. The molecule has 0 aliphatic heterocycles. The van der Waals surface area contributed by atoms with Crippen LogP contribution in [-0.2, 0) is 6.42 Å². The number of pyridine rings is 2. The van der Waals surface area contributed by atoms with Gasteiger partial charge in [0, 0.05) is 24.9 Å². The second kappa shape index (κ2) is 5.86. The highest BCUT2D eigenvalue weighted by molar-refractivity contribution is 5.92. The molecule has 0 saturated heterocycles. The average Bonchev–Trinajstić information content (AvgIpc) is 2.40. The van der Waals surface area contributed by atoms with Crippen LogP contribution in [0.4, 0.5) is 4.39 Å². The van der Waals surface area contributed by atoms with E-state index in [0.717, 1.165) is 5.69 Å². The minimum Gasteiger partial charge on any atom is -0.350 e. The van der Waals surface area contributed by atoms with Crippen LogP contribution in [0.1, 0.15) is 16.2 Å². The van der Waals surface area contributed by atoms with Crippen molar-refractivity contribution in [3.63, 3.8) is 0 Å². The number of aromatic nitrogens is 2. The fraction of sp³-hybridized carbons (Fsp3) is 0.154. The molecule has 18 heavy (non-hydrogen) atoms. The minimum absolute atomic E-state index is 0.0796. The molecular formula is C13H12FN3O. The number of amides is 1. The Morgan fingerprint density at radius 1 is 1.22 bits per heavy atom. The summed E-state index contributed by atoms with van der Waals surface area (Å²) in [6.07, 6.45) is 2.33. The summed E-state index contributed by atoms with van der Waals surface area (Å²) < 4.78 is 12.8. The van der Waals surface area contributed by atoms with E-state index in [2.05, 4.69) is 15.3 Å². The minimum atomic E-state index is -0.660. The van der Waals surface area contributed by atoms with E-state index in [1.54, 1.807) is 6.20 Å². The van der Waals surface area contributed by atoms with Crippen LogP contribution in [-0.4, -0.2) is 22.4 Å². The van der Waals surface area contributed by atoms with Crippen molar-refractivity contribution in [2.75, 3.05) is 6.54 Å². The summed E-state index contributed by atoms with van der Waals surface area (Å²) >= 11 is 0. The van der Waals surface area contributed by atoms with Crippen LogP contribution in [0.25, 0.3) is 0 Å². The predicted molar refractivity (Wildman–Crippen MR) is 64.5 cm³/mol. The summed E-state index contributed by atoms with van der Waals surface area (Å²) in [6.45, 7) is 0.439. The summed E-state index contributed by atoms with van der Waals surface area (Å²) in [4.78, 5) is 19.3. The van der Waals surface area contributed by atoms with E-state index in [-0.39, 0.29) is 11.6 Å². The van der Waals surface area contributed by atoms with E-state index in [1.807, 2.05) is 18.2 Å². The Labute approximate surface area is 104 Å². The van der Waals surface area contributed by atoms with Gasteiger partial charge in [-0.25, -0.2) is 4.98 Å². The maximum absolute atomic E-state index is 12.8. The fourth-order valence-electron chi connectivity index (χ4n) is 1.48. The monoisotopic (exact) mass is 245 g/mol. The van der Waals surface area contributed by atoms with Crippen LogP contribution in [0.3, 0.4) is 0 Å². The van der Waals surface area contributed by atoms with Gasteiger partial charge in [-0.05, 0) is 24.3 Å². The number of hydrogen-bond donors (Lipinski definition) is 1. The Balaban J connectivity index is 1.86. The first-order valence-corrected chi connectivity index (χ1v) is 5.56. The van der Waals surface area contributed by atoms with Gasteiger partial charge in [0.05, 0.1) is 0 Å². The van der Waals surface area contributed by atoms with E-state index in [0.29, 0.717) is 13.0 Å². The zero-order chi connectivity index (χ0) is 12.8. The van der Waals surface area contributed by atoms with E-state index >= 15 is 0 Å². The second-order valence-corrected chi connectivity index (χ2v) is 3.67. The molecule has 0 radical (unpaired) electrons. The van der Waals surface area contributed by atoms with Crippen molar-refractivity contribution in [1.82, 2.24) is 15.3 Å². The Bertz CT molecular complexity index is 531. The first kappa shape index (κ1) is 12.2. The molecule has 0 aliphatic carbocycles. The highest BCUT2D eigenvalue weighted by atomic mass is 19.1. The third-order valence-corrected chi connectivity index (χ3v) is 2.34. The lowest BCUT2D eigenvalue weighted by molar-refractivity contribution is 0.0948. The van der Waals surface area contributed by atoms with Gasteiger partial charge in [-0.1, -0.05) is 12.1 Å². The molecule has 2 aromatic rings. The van der Waals surface area contributed by atoms with Crippen LogP contribution in [0.2, 0.25) is 0 Å². The van der Waals surface area contributed by atoms with Crippen LogP contribution < -0.4 is 5.32 Å². The molecular weight excluding hydrogens is 233 g/mol. The highest BCUT2D eigenvalue weighted by Crippen LogP contribution is 1.98. The quantitative estimate of drug-likeness (QED) is 0.832. The molecule has 0 fully saturated rings. The van der Waals surface area contributed by atoms with Crippen molar-refractivity contribution in [2.45, 2.75) is 6.42 Å². The van der Waals surface area contributed by atoms with Gasteiger partial charge < -0.3 is 5.32 Å². The Kier molecular flexibility index (Phi) is 3.96. The van der Waals surface area contributed by atoms with Crippen LogP contribution in [0, 0.1) is 5.95 Å².